The number of carbonyl (C=O) groups excluding carboxylic acids is 2. The predicted octanol–water partition coefficient (Wildman–Crippen LogP) is 0.879. The van der Waals surface area contributed by atoms with Gasteiger partial charge in [0.25, 0.3) is 0 Å². The SMILES string of the molecule is CCCC(C)N1CC(C(=O)NCCCCN)CC1=O. The maximum absolute atomic E-state index is 12.0. The van der Waals surface area contributed by atoms with E-state index in [-0.39, 0.29) is 23.8 Å². The first-order valence-electron chi connectivity index (χ1n) is 7.37. The van der Waals surface area contributed by atoms with Gasteiger partial charge in [0.2, 0.25) is 11.8 Å². The molecule has 0 bridgehead atoms. The standard InChI is InChI=1S/C14H27N3O2/c1-3-6-11(2)17-10-12(9-13(17)18)14(19)16-8-5-4-7-15/h11-12H,3-10,15H2,1-2H3,(H,16,19). The Bertz CT molecular complexity index is 307. The lowest BCUT2D eigenvalue weighted by atomic mass is 10.1. The van der Waals surface area contributed by atoms with Crippen LogP contribution in [0.1, 0.15) is 46.0 Å². The van der Waals surface area contributed by atoms with Crippen molar-refractivity contribution >= 4 is 11.8 Å². The van der Waals surface area contributed by atoms with E-state index in [0.717, 1.165) is 25.7 Å². The van der Waals surface area contributed by atoms with Gasteiger partial charge in [0, 0.05) is 25.6 Å². The van der Waals surface area contributed by atoms with Crippen LogP contribution in [-0.2, 0) is 9.59 Å². The average molecular weight is 269 g/mol. The van der Waals surface area contributed by atoms with E-state index < -0.39 is 0 Å². The number of unbranched alkanes of at least 4 members (excludes halogenated alkanes) is 1. The van der Waals surface area contributed by atoms with E-state index in [1.54, 1.807) is 0 Å². The van der Waals surface area contributed by atoms with E-state index in [1.165, 1.54) is 0 Å². The molecule has 1 rings (SSSR count). The second-order valence-electron chi connectivity index (χ2n) is 5.37. The molecule has 0 aliphatic carbocycles. The van der Waals surface area contributed by atoms with Gasteiger partial charge in [-0.15, -0.1) is 0 Å². The molecule has 0 spiro atoms. The van der Waals surface area contributed by atoms with Gasteiger partial charge in [-0.2, -0.15) is 0 Å². The van der Waals surface area contributed by atoms with Crippen LogP contribution in [0.15, 0.2) is 0 Å². The number of hydrogen-bond donors (Lipinski definition) is 2. The highest BCUT2D eigenvalue weighted by Crippen LogP contribution is 2.22. The maximum atomic E-state index is 12.0. The molecule has 1 aliphatic rings. The van der Waals surface area contributed by atoms with Crippen molar-refractivity contribution in [2.45, 2.75) is 52.0 Å². The van der Waals surface area contributed by atoms with Crippen molar-refractivity contribution in [3.63, 3.8) is 0 Å². The summed E-state index contributed by atoms with van der Waals surface area (Å²) in [4.78, 5) is 25.7. The summed E-state index contributed by atoms with van der Waals surface area (Å²) >= 11 is 0. The fourth-order valence-corrected chi connectivity index (χ4v) is 2.53. The zero-order chi connectivity index (χ0) is 14.3. The number of likely N-dealkylation sites (tertiary alicyclic amines) is 1. The first-order valence-corrected chi connectivity index (χ1v) is 7.37. The average Bonchev–Trinajstić information content (AvgIpc) is 2.77. The van der Waals surface area contributed by atoms with Gasteiger partial charge in [-0.3, -0.25) is 9.59 Å². The number of hydrogen-bond acceptors (Lipinski definition) is 3. The van der Waals surface area contributed by atoms with Gasteiger partial charge < -0.3 is 16.0 Å². The van der Waals surface area contributed by atoms with Crippen LogP contribution in [0.5, 0.6) is 0 Å². The van der Waals surface area contributed by atoms with E-state index in [9.17, 15) is 9.59 Å². The zero-order valence-corrected chi connectivity index (χ0v) is 12.2. The molecule has 2 atom stereocenters. The molecule has 1 aliphatic heterocycles. The van der Waals surface area contributed by atoms with Crippen molar-refractivity contribution in [2.24, 2.45) is 11.7 Å². The van der Waals surface area contributed by atoms with Gasteiger partial charge in [0.05, 0.1) is 5.92 Å². The summed E-state index contributed by atoms with van der Waals surface area (Å²) in [7, 11) is 0. The van der Waals surface area contributed by atoms with Crippen molar-refractivity contribution < 1.29 is 9.59 Å². The van der Waals surface area contributed by atoms with E-state index in [1.807, 2.05) is 4.90 Å². The normalized spacial score (nSPS) is 20.7. The molecule has 2 unspecified atom stereocenters. The van der Waals surface area contributed by atoms with Crippen molar-refractivity contribution in [1.82, 2.24) is 10.2 Å². The molecular weight excluding hydrogens is 242 g/mol. The first kappa shape index (κ1) is 16.0. The number of carbonyl (C=O) groups is 2. The van der Waals surface area contributed by atoms with Crippen LogP contribution in [0.3, 0.4) is 0 Å². The van der Waals surface area contributed by atoms with Gasteiger partial charge >= 0.3 is 0 Å². The third kappa shape index (κ3) is 4.82. The van der Waals surface area contributed by atoms with Crippen LogP contribution in [0.4, 0.5) is 0 Å². The fraction of sp³-hybridized carbons (Fsp3) is 0.857. The van der Waals surface area contributed by atoms with E-state index >= 15 is 0 Å². The third-order valence-electron chi connectivity index (χ3n) is 3.70. The number of rotatable bonds is 8. The molecule has 19 heavy (non-hydrogen) atoms. The minimum absolute atomic E-state index is 0.0107. The lowest BCUT2D eigenvalue weighted by Gasteiger charge is -2.24. The van der Waals surface area contributed by atoms with Crippen molar-refractivity contribution in [3.05, 3.63) is 0 Å². The Hall–Kier alpha value is -1.10. The summed E-state index contributed by atoms with van der Waals surface area (Å²) in [5, 5.41) is 2.90. The lowest BCUT2D eigenvalue weighted by Crippen LogP contribution is -2.37. The van der Waals surface area contributed by atoms with E-state index in [2.05, 4.69) is 19.2 Å². The quantitative estimate of drug-likeness (QED) is 0.642. The Balaban J connectivity index is 2.36. The molecule has 110 valence electrons. The van der Waals surface area contributed by atoms with Crippen LogP contribution in [0, 0.1) is 5.92 Å². The molecule has 3 N–H and O–H groups in total. The minimum atomic E-state index is -0.176. The molecule has 2 amide bonds. The lowest BCUT2D eigenvalue weighted by molar-refractivity contribution is -0.130. The Morgan fingerprint density at radius 3 is 2.89 bits per heavy atom. The molecule has 1 saturated heterocycles. The minimum Gasteiger partial charge on any atom is -0.356 e. The number of nitrogens with two attached hydrogens (primary N) is 1. The molecule has 0 saturated carbocycles. The van der Waals surface area contributed by atoms with Crippen LogP contribution < -0.4 is 11.1 Å². The highest BCUT2D eigenvalue weighted by atomic mass is 16.2. The molecule has 5 nitrogen and oxygen atoms in total. The van der Waals surface area contributed by atoms with Crippen molar-refractivity contribution in [2.75, 3.05) is 19.6 Å². The van der Waals surface area contributed by atoms with Crippen LogP contribution in [-0.4, -0.2) is 42.4 Å². The Kier molecular flexibility index (Phi) is 6.84. The summed E-state index contributed by atoms with van der Waals surface area (Å²) in [6.45, 7) is 6.05. The van der Waals surface area contributed by atoms with Crippen LogP contribution in [0.25, 0.3) is 0 Å². The predicted molar refractivity (Wildman–Crippen MR) is 75.5 cm³/mol. The molecule has 0 aromatic rings. The smallest absolute Gasteiger partial charge is 0.225 e. The molecule has 1 fully saturated rings. The topological polar surface area (TPSA) is 75.4 Å². The number of amides is 2. The van der Waals surface area contributed by atoms with Crippen LogP contribution >= 0.6 is 0 Å². The first-order chi connectivity index (χ1) is 9.10. The van der Waals surface area contributed by atoms with Gasteiger partial charge in [-0.25, -0.2) is 0 Å². The Labute approximate surface area is 115 Å². The summed E-state index contributed by atoms with van der Waals surface area (Å²) in [5.41, 5.74) is 5.40. The largest absolute Gasteiger partial charge is 0.356 e. The molecule has 0 aromatic carbocycles. The highest BCUT2D eigenvalue weighted by molar-refractivity contribution is 5.89. The monoisotopic (exact) mass is 269 g/mol. The Morgan fingerprint density at radius 2 is 2.26 bits per heavy atom. The molecule has 0 aromatic heterocycles. The van der Waals surface area contributed by atoms with Gasteiger partial charge in [0.15, 0.2) is 0 Å². The summed E-state index contributed by atoms with van der Waals surface area (Å²) in [5.74, 6) is -0.0516. The second kappa shape index (κ2) is 8.15. The molecule has 0 radical (unpaired) electrons. The fourth-order valence-electron chi connectivity index (χ4n) is 2.53. The molecular formula is C14H27N3O2. The molecule has 5 heteroatoms. The van der Waals surface area contributed by atoms with Crippen LogP contribution in [0.2, 0.25) is 0 Å². The molecule has 1 heterocycles. The number of nitrogens with one attached hydrogen (secondary N) is 1. The van der Waals surface area contributed by atoms with E-state index in [0.29, 0.717) is 26.1 Å². The second-order valence-corrected chi connectivity index (χ2v) is 5.37. The van der Waals surface area contributed by atoms with Gasteiger partial charge in [-0.1, -0.05) is 13.3 Å². The third-order valence-corrected chi connectivity index (χ3v) is 3.70. The van der Waals surface area contributed by atoms with Crippen molar-refractivity contribution in [3.8, 4) is 0 Å². The van der Waals surface area contributed by atoms with E-state index in [4.69, 9.17) is 5.73 Å². The Morgan fingerprint density at radius 1 is 1.53 bits per heavy atom. The summed E-state index contributed by atoms with van der Waals surface area (Å²) < 4.78 is 0. The van der Waals surface area contributed by atoms with Crippen molar-refractivity contribution in [1.29, 1.82) is 0 Å². The highest BCUT2D eigenvalue weighted by Gasteiger charge is 2.35. The summed E-state index contributed by atoms with van der Waals surface area (Å²) in [6.07, 6.45) is 4.23. The number of nitrogens with zero attached hydrogens (tertiary/aromatic N) is 1. The summed E-state index contributed by atoms with van der Waals surface area (Å²) in [6, 6.07) is 0.243. The van der Waals surface area contributed by atoms with Gasteiger partial charge in [-0.05, 0) is 32.7 Å². The van der Waals surface area contributed by atoms with Gasteiger partial charge in [0.1, 0.15) is 0 Å². The maximum Gasteiger partial charge on any atom is 0.225 e. The zero-order valence-electron chi connectivity index (χ0n) is 12.2.